The summed E-state index contributed by atoms with van der Waals surface area (Å²) in [4.78, 5) is 14.0. The maximum atomic E-state index is 12.1. The number of ether oxygens (including phenoxy) is 1. The van der Waals surface area contributed by atoms with Crippen LogP contribution in [0.4, 0.5) is 0 Å². The minimum absolute atomic E-state index is 0.185. The number of benzene rings is 1. The molecule has 1 aromatic rings. The predicted octanol–water partition coefficient (Wildman–Crippen LogP) is 3.23. The van der Waals surface area contributed by atoms with Crippen LogP contribution in [0.25, 0.3) is 0 Å². The second kappa shape index (κ2) is 7.17. The molecule has 0 aliphatic carbocycles. The minimum Gasteiger partial charge on any atom is -0.496 e. The van der Waals surface area contributed by atoms with Gasteiger partial charge in [-0.1, -0.05) is 26.0 Å². The van der Waals surface area contributed by atoms with E-state index in [4.69, 9.17) is 4.74 Å². The van der Waals surface area contributed by atoms with Crippen molar-refractivity contribution in [2.45, 2.75) is 40.0 Å². The van der Waals surface area contributed by atoms with Gasteiger partial charge in [-0.2, -0.15) is 0 Å². The van der Waals surface area contributed by atoms with Crippen molar-refractivity contribution in [3.63, 3.8) is 0 Å². The zero-order valence-corrected chi connectivity index (χ0v) is 12.7. The second-order valence-corrected chi connectivity index (χ2v) is 4.97. The third-order valence-corrected chi connectivity index (χ3v) is 3.39. The molecule has 0 saturated heterocycles. The molecule has 1 amide bonds. The van der Waals surface area contributed by atoms with E-state index in [9.17, 15) is 4.79 Å². The van der Waals surface area contributed by atoms with Gasteiger partial charge in [0.05, 0.1) is 13.5 Å². The summed E-state index contributed by atoms with van der Waals surface area (Å²) in [5.74, 6) is 1.47. The number of hydrogen-bond acceptors (Lipinski definition) is 2. The van der Waals surface area contributed by atoms with Crippen LogP contribution in [-0.2, 0) is 11.2 Å². The molecule has 0 radical (unpaired) electrons. The summed E-state index contributed by atoms with van der Waals surface area (Å²) in [5, 5.41) is 0. The van der Waals surface area contributed by atoms with Gasteiger partial charge in [0, 0.05) is 13.1 Å². The molecular formula is C16H25NO2. The highest BCUT2D eigenvalue weighted by molar-refractivity contribution is 5.78. The Morgan fingerprint density at radius 1 is 1.26 bits per heavy atom. The number of rotatable bonds is 6. The van der Waals surface area contributed by atoms with Crippen molar-refractivity contribution in [2.75, 3.05) is 20.2 Å². The maximum Gasteiger partial charge on any atom is 0.226 e. The molecule has 0 bridgehead atoms. The zero-order chi connectivity index (χ0) is 14.4. The van der Waals surface area contributed by atoms with Crippen LogP contribution in [0.2, 0.25) is 0 Å². The Hall–Kier alpha value is -1.51. The van der Waals surface area contributed by atoms with E-state index >= 15 is 0 Å². The molecule has 0 aliphatic heterocycles. The average Bonchev–Trinajstić information content (AvgIpc) is 2.40. The van der Waals surface area contributed by atoms with E-state index in [-0.39, 0.29) is 5.91 Å². The molecule has 3 nitrogen and oxygen atoms in total. The molecule has 0 aromatic heterocycles. The Kier molecular flexibility index (Phi) is 5.87. The summed E-state index contributed by atoms with van der Waals surface area (Å²) >= 11 is 0. The predicted molar refractivity (Wildman–Crippen MR) is 78.7 cm³/mol. The van der Waals surface area contributed by atoms with Crippen LogP contribution in [0.5, 0.6) is 5.75 Å². The molecule has 0 aliphatic rings. The fourth-order valence-electron chi connectivity index (χ4n) is 2.21. The molecule has 1 rings (SSSR count). The molecular weight excluding hydrogens is 238 g/mol. The summed E-state index contributed by atoms with van der Waals surface area (Å²) in [6.07, 6.45) is 0.464. The summed E-state index contributed by atoms with van der Waals surface area (Å²) in [5.41, 5.74) is 2.22. The van der Waals surface area contributed by atoms with Gasteiger partial charge in [0.2, 0.25) is 5.91 Å². The molecule has 3 heteroatoms. The van der Waals surface area contributed by atoms with Gasteiger partial charge in [-0.3, -0.25) is 4.79 Å². The Morgan fingerprint density at radius 3 is 2.37 bits per heavy atom. The van der Waals surface area contributed by atoms with Gasteiger partial charge in [-0.25, -0.2) is 0 Å². The average molecular weight is 263 g/mol. The minimum atomic E-state index is 0.185. The van der Waals surface area contributed by atoms with Crippen LogP contribution in [-0.4, -0.2) is 31.0 Å². The van der Waals surface area contributed by atoms with E-state index in [1.54, 1.807) is 7.11 Å². The normalized spacial score (nSPS) is 10.6. The van der Waals surface area contributed by atoms with Crippen molar-refractivity contribution in [3.05, 3.63) is 29.3 Å². The highest BCUT2D eigenvalue weighted by Crippen LogP contribution is 2.27. The Balaban J connectivity index is 2.91. The van der Waals surface area contributed by atoms with Crippen LogP contribution in [0, 0.1) is 0 Å². The lowest BCUT2D eigenvalue weighted by Crippen LogP contribution is -2.31. The van der Waals surface area contributed by atoms with E-state index in [2.05, 4.69) is 19.9 Å². The van der Waals surface area contributed by atoms with Gasteiger partial charge < -0.3 is 9.64 Å². The SMILES string of the molecule is CCN(CC)C(=O)Cc1ccc(OC)c(C(C)C)c1. The van der Waals surface area contributed by atoms with E-state index in [1.807, 2.05) is 30.9 Å². The first kappa shape index (κ1) is 15.5. The van der Waals surface area contributed by atoms with Crippen LogP contribution >= 0.6 is 0 Å². The molecule has 0 spiro atoms. The first-order chi connectivity index (χ1) is 9.03. The van der Waals surface area contributed by atoms with Crippen molar-refractivity contribution < 1.29 is 9.53 Å². The van der Waals surface area contributed by atoms with E-state index < -0.39 is 0 Å². The van der Waals surface area contributed by atoms with Crippen LogP contribution in [0.3, 0.4) is 0 Å². The Bertz CT molecular complexity index is 423. The molecule has 106 valence electrons. The standard InChI is InChI=1S/C16H25NO2/c1-6-17(7-2)16(18)11-13-8-9-15(19-5)14(10-13)12(3)4/h8-10,12H,6-7,11H2,1-5H3. The summed E-state index contributed by atoms with van der Waals surface area (Å²) in [6.45, 7) is 9.82. The topological polar surface area (TPSA) is 29.5 Å². The van der Waals surface area contributed by atoms with Crippen molar-refractivity contribution in [3.8, 4) is 5.75 Å². The lowest BCUT2D eigenvalue weighted by Gasteiger charge is -2.19. The molecule has 0 fully saturated rings. The zero-order valence-electron chi connectivity index (χ0n) is 12.7. The van der Waals surface area contributed by atoms with Crippen molar-refractivity contribution in [2.24, 2.45) is 0 Å². The van der Waals surface area contributed by atoms with E-state index in [1.165, 1.54) is 0 Å². The molecule has 19 heavy (non-hydrogen) atoms. The number of nitrogens with zero attached hydrogens (tertiary/aromatic N) is 1. The highest BCUT2D eigenvalue weighted by atomic mass is 16.5. The van der Waals surface area contributed by atoms with Crippen LogP contribution < -0.4 is 4.74 Å². The first-order valence-corrected chi connectivity index (χ1v) is 6.98. The van der Waals surface area contributed by atoms with Gasteiger partial charge >= 0.3 is 0 Å². The summed E-state index contributed by atoms with van der Waals surface area (Å²) in [7, 11) is 1.68. The number of carbonyl (C=O) groups excluding carboxylic acids is 1. The third kappa shape index (κ3) is 3.98. The Labute approximate surface area is 116 Å². The maximum absolute atomic E-state index is 12.1. The number of carbonyl (C=O) groups is 1. The summed E-state index contributed by atoms with van der Waals surface area (Å²) in [6, 6.07) is 6.02. The molecule has 0 heterocycles. The number of likely N-dealkylation sites (N-methyl/N-ethyl adjacent to an activating group) is 1. The largest absolute Gasteiger partial charge is 0.496 e. The molecule has 0 N–H and O–H groups in total. The van der Waals surface area contributed by atoms with Gasteiger partial charge in [0.1, 0.15) is 5.75 Å². The molecule has 0 saturated carbocycles. The smallest absolute Gasteiger partial charge is 0.226 e. The Morgan fingerprint density at radius 2 is 1.89 bits per heavy atom. The van der Waals surface area contributed by atoms with E-state index in [0.717, 1.165) is 30.0 Å². The fraction of sp³-hybridized carbons (Fsp3) is 0.562. The lowest BCUT2D eigenvalue weighted by molar-refractivity contribution is -0.130. The molecule has 1 aromatic carbocycles. The van der Waals surface area contributed by atoms with Gasteiger partial charge in [0.25, 0.3) is 0 Å². The van der Waals surface area contributed by atoms with E-state index in [0.29, 0.717) is 12.3 Å². The number of methoxy groups -OCH3 is 1. The van der Waals surface area contributed by atoms with Gasteiger partial charge in [0.15, 0.2) is 0 Å². The van der Waals surface area contributed by atoms with Crippen LogP contribution in [0.15, 0.2) is 18.2 Å². The van der Waals surface area contributed by atoms with Crippen molar-refractivity contribution in [1.82, 2.24) is 4.90 Å². The molecule has 0 atom stereocenters. The second-order valence-electron chi connectivity index (χ2n) is 4.97. The third-order valence-electron chi connectivity index (χ3n) is 3.39. The van der Waals surface area contributed by atoms with Crippen molar-refractivity contribution in [1.29, 1.82) is 0 Å². The fourth-order valence-corrected chi connectivity index (χ4v) is 2.21. The van der Waals surface area contributed by atoms with Gasteiger partial charge in [-0.05, 0) is 37.0 Å². The lowest BCUT2D eigenvalue weighted by atomic mass is 9.98. The number of hydrogen-bond donors (Lipinski definition) is 0. The summed E-state index contributed by atoms with van der Waals surface area (Å²) < 4.78 is 5.36. The number of amides is 1. The molecule has 0 unspecified atom stereocenters. The quantitative estimate of drug-likeness (QED) is 0.788. The first-order valence-electron chi connectivity index (χ1n) is 6.98. The van der Waals surface area contributed by atoms with Crippen LogP contribution in [0.1, 0.15) is 44.7 Å². The van der Waals surface area contributed by atoms with Gasteiger partial charge in [-0.15, -0.1) is 0 Å². The highest BCUT2D eigenvalue weighted by Gasteiger charge is 2.13. The van der Waals surface area contributed by atoms with Crippen molar-refractivity contribution >= 4 is 5.91 Å². The monoisotopic (exact) mass is 263 g/mol.